The molecule has 0 aliphatic carbocycles. The monoisotopic (exact) mass is 402 g/mol. The first-order valence-electron chi connectivity index (χ1n) is 9.30. The maximum Gasteiger partial charge on any atom is 0.0483 e. The highest BCUT2D eigenvalue weighted by atomic mass is 35.5. The Kier molecular flexibility index (Phi) is 5.81. The molecule has 4 aromatic rings. The first-order valence-corrected chi connectivity index (χ1v) is 10.4. The van der Waals surface area contributed by atoms with Gasteiger partial charge in [0, 0.05) is 11.8 Å². The number of hydrogen-bond acceptors (Lipinski definition) is 0. The van der Waals surface area contributed by atoms with E-state index in [4.69, 9.17) is 23.2 Å². The van der Waals surface area contributed by atoms with E-state index in [-0.39, 0.29) is 0 Å². The average molecular weight is 403 g/mol. The molecule has 0 saturated heterocycles. The summed E-state index contributed by atoms with van der Waals surface area (Å²) in [5.74, 6) is 0.894. The number of rotatable bonds is 5. The average Bonchev–Trinajstić information content (AvgIpc) is 2.79. The van der Waals surface area contributed by atoms with Crippen LogP contribution < -0.4 is 0 Å². The lowest BCUT2D eigenvalue weighted by molar-refractivity contribution is 1.27. The molecule has 0 aromatic heterocycles. The van der Waals surface area contributed by atoms with Gasteiger partial charge in [0.1, 0.15) is 0 Å². The van der Waals surface area contributed by atoms with Crippen LogP contribution in [0.1, 0.15) is 11.1 Å². The van der Waals surface area contributed by atoms with Gasteiger partial charge in [-0.1, -0.05) is 97.1 Å². The van der Waals surface area contributed by atoms with Crippen LogP contribution in [0.25, 0.3) is 33.4 Å². The molecule has 0 nitrogen and oxygen atoms in total. The van der Waals surface area contributed by atoms with E-state index in [2.05, 4.69) is 91.0 Å². The summed E-state index contributed by atoms with van der Waals surface area (Å²) in [7, 11) is 0. The van der Waals surface area contributed by atoms with Crippen LogP contribution in [0, 0.1) is 0 Å². The fraction of sp³-hybridized carbons (Fsp3) is 0.0769. The summed E-state index contributed by atoms with van der Waals surface area (Å²) < 4.78 is 0. The van der Waals surface area contributed by atoms with Crippen molar-refractivity contribution in [1.29, 1.82) is 0 Å². The summed E-state index contributed by atoms with van der Waals surface area (Å²) >= 11 is 12.5. The van der Waals surface area contributed by atoms with E-state index in [9.17, 15) is 0 Å². The molecular weight excluding hydrogens is 383 g/mol. The molecule has 0 N–H and O–H groups in total. The van der Waals surface area contributed by atoms with E-state index in [0.717, 1.165) is 16.7 Å². The van der Waals surface area contributed by atoms with Crippen molar-refractivity contribution in [2.24, 2.45) is 0 Å². The molecule has 0 fully saturated rings. The SMILES string of the molecule is ClCc1cccc(-c2ccccc2-c2ccccc2-c2ccccc2)c1CCl. The molecule has 28 heavy (non-hydrogen) atoms. The standard InChI is InChI=1S/C26H20Cl2/c27-17-20-11-8-16-25(26(20)18-28)24-15-7-6-14-23(24)22-13-5-4-12-21(22)19-9-2-1-3-10-19/h1-16H,17-18H2. The molecule has 0 atom stereocenters. The molecule has 0 aliphatic rings. The second-order valence-corrected chi connectivity index (χ2v) is 7.20. The highest BCUT2D eigenvalue weighted by Crippen LogP contribution is 2.40. The van der Waals surface area contributed by atoms with Gasteiger partial charge < -0.3 is 0 Å². The van der Waals surface area contributed by atoms with Gasteiger partial charge >= 0.3 is 0 Å². The van der Waals surface area contributed by atoms with Crippen molar-refractivity contribution < 1.29 is 0 Å². The molecule has 0 bridgehead atoms. The molecule has 0 spiro atoms. The van der Waals surface area contributed by atoms with Crippen molar-refractivity contribution >= 4 is 23.2 Å². The normalized spacial score (nSPS) is 10.8. The van der Waals surface area contributed by atoms with Crippen LogP contribution in [0.4, 0.5) is 0 Å². The topological polar surface area (TPSA) is 0 Å². The van der Waals surface area contributed by atoms with Crippen LogP contribution in [-0.4, -0.2) is 0 Å². The molecule has 0 aliphatic heterocycles. The third kappa shape index (κ3) is 3.58. The summed E-state index contributed by atoms with van der Waals surface area (Å²) in [6.45, 7) is 0. The van der Waals surface area contributed by atoms with Crippen LogP contribution in [0.3, 0.4) is 0 Å². The van der Waals surface area contributed by atoms with Crippen LogP contribution in [-0.2, 0) is 11.8 Å². The van der Waals surface area contributed by atoms with Gasteiger partial charge in [-0.2, -0.15) is 0 Å². The van der Waals surface area contributed by atoms with Crippen molar-refractivity contribution in [3.63, 3.8) is 0 Å². The van der Waals surface area contributed by atoms with E-state index in [1.807, 2.05) is 6.07 Å². The molecule has 0 saturated carbocycles. The Balaban J connectivity index is 1.95. The van der Waals surface area contributed by atoms with Gasteiger partial charge in [-0.25, -0.2) is 0 Å². The first kappa shape index (κ1) is 18.8. The van der Waals surface area contributed by atoms with Gasteiger partial charge in [-0.05, 0) is 44.5 Å². The smallest absolute Gasteiger partial charge is 0.0483 e. The highest BCUT2D eigenvalue weighted by molar-refractivity contribution is 6.19. The summed E-state index contributed by atoms with van der Waals surface area (Å²) in [5.41, 5.74) is 9.34. The van der Waals surface area contributed by atoms with Crippen molar-refractivity contribution in [2.75, 3.05) is 0 Å². The van der Waals surface area contributed by atoms with Crippen molar-refractivity contribution in [3.8, 4) is 33.4 Å². The van der Waals surface area contributed by atoms with Crippen molar-refractivity contribution in [3.05, 3.63) is 108 Å². The number of alkyl halides is 2. The summed E-state index contributed by atoms with van der Waals surface area (Å²) in [5, 5.41) is 0. The third-order valence-corrected chi connectivity index (χ3v) is 5.63. The lowest BCUT2D eigenvalue weighted by Crippen LogP contribution is -1.95. The zero-order chi connectivity index (χ0) is 19.3. The molecule has 4 rings (SSSR count). The second kappa shape index (κ2) is 8.65. The van der Waals surface area contributed by atoms with E-state index < -0.39 is 0 Å². The lowest BCUT2D eigenvalue weighted by Gasteiger charge is -2.17. The Hall–Kier alpha value is -2.54. The maximum atomic E-state index is 6.33. The summed E-state index contributed by atoms with van der Waals surface area (Å²) in [6.07, 6.45) is 0. The van der Waals surface area contributed by atoms with Crippen molar-refractivity contribution in [1.82, 2.24) is 0 Å². The van der Waals surface area contributed by atoms with E-state index in [1.54, 1.807) is 0 Å². The quantitative estimate of drug-likeness (QED) is 0.295. The summed E-state index contributed by atoms with van der Waals surface area (Å²) in [6, 6.07) is 33.8. The number of benzene rings is 4. The van der Waals surface area contributed by atoms with Gasteiger partial charge in [0.15, 0.2) is 0 Å². The Labute approximate surface area is 176 Å². The maximum absolute atomic E-state index is 6.33. The van der Waals surface area contributed by atoms with Gasteiger partial charge in [-0.15, -0.1) is 23.2 Å². The zero-order valence-corrected chi connectivity index (χ0v) is 16.9. The minimum atomic E-state index is 0.437. The molecule has 4 aromatic carbocycles. The number of halogens is 2. The van der Waals surface area contributed by atoms with Crippen LogP contribution in [0.5, 0.6) is 0 Å². The predicted molar refractivity (Wildman–Crippen MR) is 122 cm³/mol. The molecule has 138 valence electrons. The van der Waals surface area contributed by atoms with Gasteiger partial charge in [0.2, 0.25) is 0 Å². The Morgan fingerprint density at radius 1 is 0.429 bits per heavy atom. The first-order chi connectivity index (χ1) is 13.8. The van der Waals surface area contributed by atoms with E-state index in [0.29, 0.717) is 11.8 Å². The largest absolute Gasteiger partial charge is 0.122 e. The minimum Gasteiger partial charge on any atom is -0.122 e. The van der Waals surface area contributed by atoms with Crippen LogP contribution in [0.2, 0.25) is 0 Å². The molecular formula is C26H20Cl2. The molecule has 0 amide bonds. The lowest BCUT2D eigenvalue weighted by atomic mass is 9.87. The number of hydrogen-bond donors (Lipinski definition) is 0. The van der Waals surface area contributed by atoms with E-state index >= 15 is 0 Å². The van der Waals surface area contributed by atoms with Crippen molar-refractivity contribution in [2.45, 2.75) is 11.8 Å². The summed E-state index contributed by atoms with van der Waals surface area (Å²) in [4.78, 5) is 0. The van der Waals surface area contributed by atoms with Crippen LogP contribution in [0.15, 0.2) is 97.1 Å². The third-order valence-electron chi connectivity index (χ3n) is 5.07. The zero-order valence-electron chi connectivity index (χ0n) is 15.4. The second-order valence-electron chi connectivity index (χ2n) is 6.67. The minimum absolute atomic E-state index is 0.437. The van der Waals surface area contributed by atoms with Gasteiger partial charge in [-0.3, -0.25) is 0 Å². The fourth-order valence-electron chi connectivity index (χ4n) is 3.71. The molecule has 0 radical (unpaired) electrons. The Morgan fingerprint density at radius 3 is 1.54 bits per heavy atom. The Morgan fingerprint density at radius 2 is 0.929 bits per heavy atom. The predicted octanol–water partition coefficient (Wildman–Crippen LogP) is 8.17. The molecule has 2 heteroatoms. The van der Waals surface area contributed by atoms with Gasteiger partial charge in [0.05, 0.1) is 0 Å². The van der Waals surface area contributed by atoms with Crippen LogP contribution >= 0.6 is 23.2 Å². The molecule has 0 heterocycles. The van der Waals surface area contributed by atoms with Gasteiger partial charge in [0.25, 0.3) is 0 Å². The molecule has 0 unspecified atom stereocenters. The Bertz CT molecular complexity index is 1080. The van der Waals surface area contributed by atoms with E-state index in [1.165, 1.54) is 27.8 Å². The highest BCUT2D eigenvalue weighted by Gasteiger charge is 2.15. The fourth-order valence-corrected chi connectivity index (χ4v) is 4.28.